The van der Waals surface area contributed by atoms with Gasteiger partial charge in [-0.05, 0) is 46.1 Å². The molecule has 0 amide bonds. The zero-order valence-corrected chi connectivity index (χ0v) is 21.8. The minimum atomic E-state index is -1.94. The summed E-state index contributed by atoms with van der Waals surface area (Å²) in [6, 6.07) is 9.63. The van der Waals surface area contributed by atoms with Crippen LogP contribution in [0.1, 0.15) is 89.4 Å². The zero-order chi connectivity index (χ0) is 24.1. The van der Waals surface area contributed by atoms with Gasteiger partial charge in [0.1, 0.15) is 22.8 Å². The molecule has 0 saturated heterocycles. The molecule has 1 heterocycles. The maximum Gasteiger partial charge on any atom is 0.532 e. The molecule has 32 heavy (non-hydrogen) atoms. The van der Waals surface area contributed by atoms with Crippen molar-refractivity contribution in [1.29, 1.82) is 0 Å². The molecule has 2 aromatic rings. The Morgan fingerprint density at radius 1 is 0.781 bits per heavy atom. The Morgan fingerprint density at radius 3 is 1.94 bits per heavy atom. The maximum atomic E-state index is 13.0. The molecule has 0 unspecified atom stereocenters. The summed E-state index contributed by atoms with van der Waals surface area (Å²) < 4.78 is 23.4. The molecule has 0 N–H and O–H groups in total. The Labute approximate surface area is 193 Å². The maximum absolute atomic E-state index is 13.0. The quantitative estimate of drug-likeness (QED) is 0.447. The van der Waals surface area contributed by atoms with Gasteiger partial charge in [0.05, 0.1) is 7.11 Å². The third kappa shape index (κ3) is 5.04. The topological polar surface area (TPSA) is 54.0 Å². The molecule has 1 atom stereocenters. The van der Waals surface area contributed by atoms with E-state index in [-0.39, 0.29) is 16.2 Å². The Kier molecular flexibility index (Phi) is 6.30. The molecule has 0 aliphatic carbocycles. The second kappa shape index (κ2) is 8.26. The van der Waals surface area contributed by atoms with Crippen LogP contribution in [0.15, 0.2) is 30.3 Å². The minimum absolute atomic E-state index is 0.112. The van der Waals surface area contributed by atoms with Crippen LogP contribution in [-0.2, 0) is 20.8 Å². The Hall–Kier alpha value is -2.26. The highest BCUT2D eigenvalue weighted by Crippen LogP contribution is 2.52. The molecule has 0 aromatic heterocycles. The molecule has 2 aromatic carbocycles. The van der Waals surface area contributed by atoms with Crippen molar-refractivity contribution >= 4 is 14.6 Å². The summed E-state index contributed by atoms with van der Waals surface area (Å²) in [7, 11) is -0.309. The van der Waals surface area contributed by atoms with E-state index < -0.39 is 14.6 Å². The van der Waals surface area contributed by atoms with E-state index in [2.05, 4.69) is 68.4 Å². The van der Waals surface area contributed by atoms with E-state index in [1.807, 2.05) is 24.3 Å². The minimum Gasteiger partial charge on any atom is -0.497 e. The summed E-state index contributed by atoms with van der Waals surface area (Å²) in [6.45, 7) is 19.0. The van der Waals surface area contributed by atoms with Gasteiger partial charge in [0.2, 0.25) is 0 Å². The van der Waals surface area contributed by atoms with Gasteiger partial charge < -0.3 is 18.3 Å². The summed E-state index contributed by atoms with van der Waals surface area (Å²) in [5.74, 6) is 1.49. The van der Waals surface area contributed by atoms with E-state index in [9.17, 15) is 4.79 Å². The zero-order valence-electron chi connectivity index (χ0n) is 20.9. The standard InChI is InChI=1S/C26H35O5P/c1-24(2,3)16-13-18-22(20(14-16)26(7,8)9)30-32(31-23(18)27)29-21-12-11-17(28-10)15-19(21)25(4,5)6/h11-15H,1-10H3/t32-/m0/s1. The van der Waals surface area contributed by atoms with E-state index in [1.165, 1.54) is 0 Å². The van der Waals surface area contributed by atoms with E-state index in [4.69, 9.17) is 18.3 Å². The van der Waals surface area contributed by atoms with Crippen molar-refractivity contribution in [3.63, 3.8) is 0 Å². The fraction of sp³-hybridized carbons (Fsp3) is 0.500. The summed E-state index contributed by atoms with van der Waals surface area (Å²) in [5, 5.41) is 0. The van der Waals surface area contributed by atoms with Crippen LogP contribution in [0.2, 0.25) is 0 Å². The number of hydrogen-bond donors (Lipinski definition) is 0. The largest absolute Gasteiger partial charge is 0.532 e. The highest BCUT2D eigenvalue weighted by atomic mass is 31.2. The third-order valence-corrected chi connectivity index (χ3v) is 6.47. The summed E-state index contributed by atoms with van der Waals surface area (Å²) in [6.07, 6.45) is 0. The van der Waals surface area contributed by atoms with Crippen molar-refractivity contribution in [1.82, 2.24) is 0 Å². The van der Waals surface area contributed by atoms with Crippen molar-refractivity contribution in [2.75, 3.05) is 7.11 Å². The first-order chi connectivity index (χ1) is 14.6. The summed E-state index contributed by atoms with van der Waals surface area (Å²) in [5.41, 5.74) is 2.91. The lowest BCUT2D eigenvalue weighted by Crippen LogP contribution is -2.23. The first-order valence-electron chi connectivity index (χ1n) is 10.9. The van der Waals surface area contributed by atoms with Gasteiger partial charge in [-0.15, -0.1) is 0 Å². The number of methoxy groups -OCH3 is 1. The van der Waals surface area contributed by atoms with Gasteiger partial charge in [-0.3, -0.25) is 0 Å². The van der Waals surface area contributed by atoms with Crippen LogP contribution < -0.4 is 13.8 Å². The van der Waals surface area contributed by atoms with Crippen LogP contribution >= 0.6 is 8.60 Å². The highest BCUT2D eigenvalue weighted by Gasteiger charge is 2.38. The number of carbonyl (C=O) groups excluding carboxylic acids is 1. The van der Waals surface area contributed by atoms with E-state index in [1.54, 1.807) is 7.11 Å². The van der Waals surface area contributed by atoms with E-state index >= 15 is 0 Å². The second-order valence-corrected chi connectivity index (χ2v) is 12.3. The molecular formula is C26H35O5P. The van der Waals surface area contributed by atoms with Crippen LogP contribution in [-0.4, -0.2) is 13.1 Å². The lowest BCUT2D eigenvalue weighted by Gasteiger charge is -2.32. The smallest absolute Gasteiger partial charge is 0.497 e. The molecule has 174 valence electrons. The van der Waals surface area contributed by atoms with Crippen molar-refractivity contribution < 1.29 is 23.1 Å². The van der Waals surface area contributed by atoms with Crippen molar-refractivity contribution in [2.45, 2.75) is 78.6 Å². The van der Waals surface area contributed by atoms with Crippen LogP contribution in [0.5, 0.6) is 17.2 Å². The monoisotopic (exact) mass is 458 g/mol. The number of ether oxygens (including phenoxy) is 1. The molecule has 0 spiro atoms. The van der Waals surface area contributed by atoms with Crippen LogP contribution in [0.25, 0.3) is 0 Å². The van der Waals surface area contributed by atoms with Gasteiger partial charge in [-0.25, -0.2) is 4.79 Å². The molecule has 0 fully saturated rings. The number of carbonyl (C=O) groups is 1. The van der Waals surface area contributed by atoms with Gasteiger partial charge in [0.15, 0.2) is 0 Å². The number of rotatable bonds is 3. The number of hydrogen-bond acceptors (Lipinski definition) is 5. The van der Waals surface area contributed by atoms with Gasteiger partial charge in [-0.1, -0.05) is 68.4 Å². The SMILES string of the molecule is COc1ccc(O[P@]2OC(=O)c3cc(C(C)(C)C)cc(C(C)(C)C)c3O2)c(C(C)(C)C)c1. The summed E-state index contributed by atoms with van der Waals surface area (Å²) in [4.78, 5) is 13.0. The first-order valence-corrected chi connectivity index (χ1v) is 12.0. The molecule has 0 radical (unpaired) electrons. The normalized spacial score (nSPS) is 16.7. The predicted molar refractivity (Wildman–Crippen MR) is 129 cm³/mol. The Bertz CT molecular complexity index is 1020. The Morgan fingerprint density at radius 2 is 1.41 bits per heavy atom. The van der Waals surface area contributed by atoms with Gasteiger partial charge in [0, 0.05) is 11.1 Å². The lowest BCUT2D eigenvalue weighted by molar-refractivity contribution is 0.0696. The van der Waals surface area contributed by atoms with Gasteiger partial charge in [-0.2, -0.15) is 0 Å². The highest BCUT2D eigenvalue weighted by molar-refractivity contribution is 7.43. The van der Waals surface area contributed by atoms with Gasteiger partial charge in [0.25, 0.3) is 0 Å². The fourth-order valence-electron chi connectivity index (χ4n) is 3.50. The van der Waals surface area contributed by atoms with Crippen molar-refractivity contribution in [2.24, 2.45) is 0 Å². The molecule has 1 aliphatic rings. The summed E-state index contributed by atoms with van der Waals surface area (Å²) >= 11 is 0. The van der Waals surface area contributed by atoms with E-state index in [0.717, 1.165) is 22.4 Å². The van der Waals surface area contributed by atoms with Crippen LogP contribution in [0, 0.1) is 0 Å². The van der Waals surface area contributed by atoms with Crippen LogP contribution in [0.4, 0.5) is 0 Å². The average Bonchev–Trinajstić information content (AvgIpc) is 2.65. The van der Waals surface area contributed by atoms with Gasteiger partial charge >= 0.3 is 14.6 Å². The third-order valence-electron chi connectivity index (χ3n) is 5.47. The van der Waals surface area contributed by atoms with Crippen molar-refractivity contribution in [3.05, 3.63) is 52.6 Å². The molecule has 6 heteroatoms. The molecule has 3 rings (SSSR count). The average molecular weight is 459 g/mol. The number of fused-ring (bicyclic) bond motifs is 1. The molecule has 0 saturated carbocycles. The number of benzene rings is 2. The molecular weight excluding hydrogens is 423 g/mol. The molecule has 5 nitrogen and oxygen atoms in total. The second-order valence-electron chi connectivity index (χ2n) is 11.3. The van der Waals surface area contributed by atoms with E-state index in [0.29, 0.717) is 17.1 Å². The van der Waals surface area contributed by atoms with Crippen molar-refractivity contribution in [3.8, 4) is 17.2 Å². The first kappa shape index (κ1) is 24.4. The Balaban J connectivity index is 2.04. The molecule has 1 aliphatic heterocycles. The van der Waals surface area contributed by atoms with Crippen LogP contribution in [0.3, 0.4) is 0 Å². The lowest BCUT2D eigenvalue weighted by atomic mass is 9.79. The predicted octanol–water partition coefficient (Wildman–Crippen LogP) is 7.44. The molecule has 0 bridgehead atoms. The fourth-order valence-corrected chi connectivity index (χ4v) is 4.51.